The molecule has 0 rings (SSSR count). The van der Waals surface area contributed by atoms with Crippen LogP contribution >= 0.6 is 0 Å². The predicted octanol–water partition coefficient (Wildman–Crippen LogP) is 22.8. The third-order valence-corrected chi connectivity index (χ3v) is 14.3. The van der Waals surface area contributed by atoms with Crippen molar-refractivity contribution in [1.29, 1.82) is 0 Å². The van der Waals surface area contributed by atoms with Crippen LogP contribution in [0, 0.1) is 0 Å². The first kappa shape index (κ1) is 74.3. The minimum atomic E-state index is -0.800. The Kier molecular flexibility index (Phi) is 62.7. The minimum absolute atomic E-state index is 0.0912. The lowest BCUT2D eigenvalue weighted by molar-refractivity contribution is -0.167. The molecule has 78 heavy (non-hydrogen) atoms. The van der Waals surface area contributed by atoms with E-state index in [0.29, 0.717) is 12.8 Å². The quantitative estimate of drug-likeness (QED) is 0.0261. The molecule has 0 aliphatic heterocycles. The second kappa shape index (κ2) is 65.8. The van der Waals surface area contributed by atoms with Crippen molar-refractivity contribution < 1.29 is 28.6 Å². The van der Waals surface area contributed by atoms with Gasteiger partial charge in [0.25, 0.3) is 0 Å². The molecule has 6 heteroatoms. The third kappa shape index (κ3) is 63.2. The molecule has 0 heterocycles. The summed E-state index contributed by atoms with van der Waals surface area (Å²) in [7, 11) is 0. The maximum Gasteiger partial charge on any atom is 0.306 e. The van der Waals surface area contributed by atoms with Crippen LogP contribution in [0.4, 0.5) is 0 Å². The van der Waals surface area contributed by atoms with Crippen LogP contribution < -0.4 is 0 Å². The van der Waals surface area contributed by atoms with E-state index in [9.17, 15) is 14.4 Å². The van der Waals surface area contributed by atoms with Crippen molar-refractivity contribution in [3.05, 3.63) is 97.2 Å². The van der Waals surface area contributed by atoms with Gasteiger partial charge in [-0.25, -0.2) is 0 Å². The lowest BCUT2D eigenvalue weighted by atomic mass is 10.0. The maximum atomic E-state index is 12.9. The molecule has 0 bridgehead atoms. The fourth-order valence-electron chi connectivity index (χ4n) is 9.36. The van der Waals surface area contributed by atoms with Crippen LogP contribution in [0.1, 0.15) is 323 Å². The molecule has 0 N–H and O–H groups in total. The van der Waals surface area contributed by atoms with Crippen molar-refractivity contribution >= 4 is 17.9 Å². The fraction of sp³-hybridized carbons (Fsp3) is 0.736. The van der Waals surface area contributed by atoms with Crippen LogP contribution in [0.2, 0.25) is 0 Å². The average Bonchev–Trinajstić information content (AvgIpc) is 3.44. The summed E-state index contributed by atoms with van der Waals surface area (Å²) in [6.07, 6.45) is 88.4. The van der Waals surface area contributed by atoms with Gasteiger partial charge in [-0.3, -0.25) is 14.4 Å². The van der Waals surface area contributed by atoms with Crippen molar-refractivity contribution in [2.24, 2.45) is 0 Å². The zero-order valence-corrected chi connectivity index (χ0v) is 51.4. The van der Waals surface area contributed by atoms with Crippen LogP contribution in [-0.2, 0) is 28.6 Å². The first-order chi connectivity index (χ1) is 38.5. The second-order valence-electron chi connectivity index (χ2n) is 22.0. The van der Waals surface area contributed by atoms with Crippen LogP contribution in [-0.4, -0.2) is 37.2 Å². The van der Waals surface area contributed by atoms with Gasteiger partial charge in [0.2, 0.25) is 0 Å². The number of allylic oxidation sites excluding steroid dienone is 16. The van der Waals surface area contributed by atoms with Crippen molar-refractivity contribution in [2.75, 3.05) is 13.2 Å². The van der Waals surface area contributed by atoms with E-state index in [1.165, 1.54) is 167 Å². The molecule has 6 nitrogen and oxygen atoms in total. The molecule has 1 atom stereocenters. The molecule has 1 unspecified atom stereocenters. The lowest BCUT2D eigenvalue weighted by Gasteiger charge is -2.18. The summed E-state index contributed by atoms with van der Waals surface area (Å²) in [6, 6.07) is 0. The lowest BCUT2D eigenvalue weighted by Crippen LogP contribution is -2.30. The predicted molar refractivity (Wildman–Crippen MR) is 339 cm³/mol. The molecule has 0 aliphatic rings. The van der Waals surface area contributed by atoms with E-state index < -0.39 is 6.10 Å². The normalized spacial score (nSPS) is 12.7. The third-order valence-electron chi connectivity index (χ3n) is 14.3. The van der Waals surface area contributed by atoms with Gasteiger partial charge < -0.3 is 14.2 Å². The van der Waals surface area contributed by atoms with Gasteiger partial charge >= 0.3 is 17.9 Å². The first-order valence-electron chi connectivity index (χ1n) is 33.2. The molecule has 0 saturated carbocycles. The highest BCUT2D eigenvalue weighted by Gasteiger charge is 2.19. The Morgan fingerprint density at radius 1 is 0.269 bits per heavy atom. The van der Waals surface area contributed by atoms with Crippen molar-refractivity contribution in [2.45, 2.75) is 329 Å². The maximum absolute atomic E-state index is 12.9. The van der Waals surface area contributed by atoms with E-state index in [4.69, 9.17) is 14.2 Å². The Labute approximate surface area is 483 Å². The number of ether oxygens (including phenoxy) is 3. The number of carbonyl (C=O) groups is 3. The molecule has 0 aromatic carbocycles. The monoisotopic (exact) mass is 1080 g/mol. The number of rotatable bonds is 60. The molecule has 448 valence electrons. The summed E-state index contributed by atoms with van der Waals surface area (Å²) < 4.78 is 16.9. The molecule has 0 aromatic rings. The molecule has 0 saturated heterocycles. The fourth-order valence-corrected chi connectivity index (χ4v) is 9.36. The van der Waals surface area contributed by atoms with Gasteiger partial charge in [0, 0.05) is 19.3 Å². The molecular weight excluding hydrogens is 961 g/mol. The number of unbranched alkanes of at least 4 members (excludes halogenated alkanes) is 33. The summed E-state index contributed by atoms with van der Waals surface area (Å²) in [5.74, 6) is -0.918. The van der Waals surface area contributed by atoms with Gasteiger partial charge in [0.1, 0.15) is 13.2 Å². The van der Waals surface area contributed by atoms with Crippen LogP contribution in [0.15, 0.2) is 97.2 Å². The Morgan fingerprint density at radius 3 is 0.795 bits per heavy atom. The zero-order chi connectivity index (χ0) is 56.4. The molecule has 0 aliphatic carbocycles. The molecule has 0 spiro atoms. The van der Waals surface area contributed by atoms with Crippen LogP contribution in [0.5, 0.6) is 0 Å². The van der Waals surface area contributed by atoms with Crippen molar-refractivity contribution in [1.82, 2.24) is 0 Å². The number of hydrogen-bond donors (Lipinski definition) is 0. The summed E-state index contributed by atoms with van der Waals surface area (Å²) in [5, 5.41) is 0. The highest BCUT2D eigenvalue weighted by atomic mass is 16.6. The number of hydrogen-bond acceptors (Lipinski definition) is 6. The van der Waals surface area contributed by atoms with Gasteiger partial charge in [0.05, 0.1) is 0 Å². The molecule has 0 amide bonds. The van der Waals surface area contributed by atoms with Gasteiger partial charge in [-0.15, -0.1) is 0 Å². The van der Waals surface area contributed by atoms with E-state index in [2.05, 4.69) is 118 Å². The Hall–Kier alpha value is -3.67. The highest BCUT2D eigenvalue weighted by molar-refractivity contribution is 5.71. The van der Waals surface area contributed by atoms with Crippen molar-refractivity contribution in [3.63, 3.8) is 0 Å². The zero-order valence-electron chi connectivity index (χ0n) is 51.4. The largest absolute Gasteiger partial charge is 0.462 e. The average molecular weight is 1090 g/mol. The van der Waals surface area contributed by atoms with Crippen molar-refractivity contribution in [3.8, 4) is 0 Å². The molecular formula is C72H124O6. The van der Waals surface area contributed by atoms with Crippen LogP contribution in [0.25, 0.3) is 0 Å². The summed E-state index contributed by atoms with van der Waals surface area (Å²) >= 11 is 0. The Balaban J connectivity index is 4.43. The minimum Gasteiger partial charge on any atom is -0.462 e. The SMILES string of the molecule is CC/C=C\C/C=C\C/C=C\C/C=C\C/C=C\CCCCCC(=O)OC(COC(=O)CCCCCCCCCC/C=C\C/C=C\C/C=C\CCCCCCC)COC(=O)CCCCCCCCCCCCCCCCCCCC. The summed E-state index contributed by atoms with van der Waals surface area (Å²) in [4.78, 5) is 38.4. The Bertz CT molecular complexity index is 1530. The van der Waals surface area contributed by atoms with E-state index in [1.807, 2.05) is 0 Å². The summed E-state index contributed by atoms with van der Waals surface area (Å²) in [5.41, 5.74) is 0. The molecule has 0 aromatic heterocycles. The first-order valence-corrected chi connectivity index (χ1v) is 33.2. The second-order valence-corrected chi connectivity index (χ2v) is 22.0. The van der Waals surface area contributed by atoms with Crippen LogP contribution in [0.3, 0.4) is 0 Å². The van der Waals surface area contributed by atoms with Gasteiger partial charge in [0.15, 0.2) is 6.10 Å². The highest BCUT2D eigenvalue weighted by Crippen LogP contribution is 2.17. The molecule has 0 fully saturated rings. The van der Waals surface area contributed by atoms with Gasteiger partial charge in [-0.05, 0) is 103 Å². The van der Waals surface area contributed by atoms with E-state index in [-0.39, 0.29) is 37.5 Å². The standard InChI is InChI=1S/C72H124O6/c1-4-7-10-13-16-19-22-25-28-31-34-35-36-37-39-41-44-47-50-53-56-59-62-65-71(74)77-68-69(67-76-70(73)64-61-58-55-52-49-46-43-40-33-30-27-24-21-18-15-12-9-6-3)78-72(75)66-63-60-57-54-51-48-45-42-38-32-29-26-23-20-17-14-11-8-5-2/h8,11,17,20,22,25-26,29,31,34,36-38,42,48,51,69H,4-7,9-10,12-16,18-19,21,23-24,27-28,30,32-33,35,39-41,43-47,49-50,52-68H2,1-3H3/b11-8-,20-17-,25-22-,29-26-,34-31-,37-36-,42-38-,51-48-. The number of carbonyl (C=O) groups excluding carboxylic acids is 3. The summed E-state index contributed by atoms with van der Waals surface area (Å²) in [6.45, 7) is 6.52. The van der Waals surface area contributed by atoms with E-state index in [0.717, 1.165) is 116 Å². The van der Waals surface area contributed by atoms with E-state index in [1.54, 1.807) is 0 Å². The Morgan fingerprint density at radius 2 is 0.500 bits per heavy atom. The number of esters is 3. The van der Waals surface area contributed by atoms with Gasteiger partial charge in [-0.1, -0.05) is 298 Å². The molecule has 0 radical (unpaired) electrons. The van der Waals surface area contributed by atoms with E-state index >= 15 is 0 Å². The van der Waals surface area contributed by atoms with Gasteiger partial charge in [-0.2, -0.15) is 0 Å². The topological polar surface area (TPSA) is 78.9 Å². The smallest absolute Gasteiger partial charge is 0.306 e.